The van der Waals surface area contributed by atoms with Crippen molar-refractivity contribution >= 4 is 39.8 Å². The van der Waals surface area contributed by atoms with Gasteiger partial charge in [-0.25, -0.2) is 8.42 Å². The van der Waals surface area contributed by atoms with E-state index >= 15 is 0 Å². The maximum Gasteiger partial charge on any atom is 0.191 e. The van der Waals surface area contributed by atoms with Gasteiger partial charge in [0.25, 0.3) is 0 Å². The van der Waals surface area contributed by atoms with Gasteiger partial charge in [0.2, 0.25) is 0 Å². The van der Waals surface area contributed by atoms with Crippen LogP contribution in [-0.2, 0) is 14.6 Å². The molecule has 2 heterocycles. The van der Waals surface area contributed by atoms with E-state index in [4.69, 9.17) is 4.74 Å². The minimum Gasteiger partial charge on any atom is -0.381 e. The highest BCUT2D eigenvalue weighted by Crippen LogP contribution is 2.29. The third-order valence-electron chi connectivity index (χ3n) is 5.38. The Hall–Kier alpha value is -0.390. The van der Waals surface area contributed by atoms with Crippen LogP contribution in [0.15, 0.2) is 17.6 Å². The summed E-state index contributed by atoms with van der Waals surface area (Å²) < 4.78 is 29.3. The summed E-state index contributed by atoms with van der Waals surface area (Å²) in [5.41, 5.74) is 0. The number of sulfone groups is 1. The second-order valence-electron chi connectivity index (χ2n) is 7.27. The zero-order chi connectivity index (χ0) is 19.0. The molecule has 0 spiro atoms. The first kappa shape index (κ1) is 24.6. The van der Waals surface area contributed by atoms with E-state index in [9.17, 15) is 8.42 Å². The lowest BCUT2D eigenvalue weighted by molar-refractivity contribution is 0.0768. The zero-order valence-electron chi connectivity index (χ0n) is 16.6. The predicted molar refractivity (Wildman–Crippen MR) is 122 cm³/mol. The molecule has 2 fully saturated rings. The Bertz CT molecular complexity index is 583. The number of hydrogen-bond donors (Lipinski definition) is 2. The monoisotopic (exact) mass is 514 g/mol. The minimum absolute atomic E-state index is 0. The number of nitrogens with zero attached hydrogens (tertiary/aromatic N) is 2. The van der Waals surface area contributed by atoms with Gasteiger partial charge >= 0.3 is 0 Å². The number of ether oxygens (including phenoxy) is 1. The first-order valence-corrected chi connectivity index (χ1v) is 11.4. The molecular weight excluding hydrogens is 479 g/mol. The summed E-state index contributed by atoms with van der Waals surface area (Å²) in [6.07, 6.45) is 6.37. The summed E-state index contributed by atoms with van der Waals surface area (Å²) in [6, 6.07) is 0.359. The third-order valence-corrected chi connectivity index (χ3v) is 7.49. The lowest BCUT2D eigenvalue weighted by atomic mass is 9.99. The van der Waals surface area contributed by atoms with E-state index in [0.29, 0.717) is 38.1 Å². The molecule has 0 unspecified atom stereocenters. The summed E-state index contributed by atoms with van der Waals surface area (Å²) in [6.45, 7) is 10.8. The van der Waals surface area contributed by atoms with Crippen molar-refractivity contribution in [2.75, 3.05) is 52.2 Å². The highest BCUT2D eigenvalue weighted by molar-refractivity contribution is 14.0. The molecule has 7 nitrogen and oxygen atoms in total. The van der Waals surface area contributed by atoms with Crippen LogP contribution >= 0.6 is 24.0 Å². The van der Waals surface area contributed by atoms with E-state index in [-0.39, 0.29) is 30.5 Å². The van der Waals surface area contributed by atoms with E-state index in [1.165, 1.54) is 6.26 Å². The van der Waals surface area contributed by atoms with Crippen LogP contribution in [0.2, 0.25) is 0 Å². The Morgan fingerprint density at radius 3 is 2.48 bits per heavy atom. The second kappa shape index (κ2) is 11.6. The molecule has 2 saturated heterocycles. The summed E-state index contributed by atoms with van der Waals surface area (Å²) in [7, 11) is -3.20. The zero-order valence-corrected chi connectivity index (χ0v) is 19.7. The summed E-state index contributed by atoms with van der Waals surface area (Å²) in [5, 5.41) is 6.75. The summed E-state index contributed by atoms with van der Waals surface area (Å²) >= 11 is 0. The van der Waals surface area contributed by atoms with Crippen molar-refractivity contribution in [2.45, 2.75) is 43.4 Å². The first-order valence-electron chi connectivity index (χ1n) is 9.55. The van der Waals surface area contributed by atoms with E-state index in [2.05, 4.69) is 27.1 Å². The van der Waals surface area contributed by atoms with Crippen LogP contribution in [0.4, 0.5) is 0 Å². The smallest absolute Gasteiger partial charge is 0.191 e. The number of piperidine rings is 1. The molecule has 0 atom stereocenters. The molecule has 0 amide bonds. The molecule has 27 heavy (non-hydrogen) atoms. The number of hydrogen-bond acceptors (Lipinski definition) is 5. The molecule has 2 aliphatic heterocycles. The summed E-state index contributed by atoms with van der Waals surface area (Å²) in [4.78, 5) is 7.04. The van der Waals surface area contributed by atoms with Crippen LogP contribution in [-0.4, -0.2) is 82.3 Å². The minimum atomic E-state index is -3.20. The normalized spacial score (nSPS) is 21.9. The molecule has 0 saturated carbocycles. The maximum atomic E-state index is 12.4. The molecule has 0 aromatic rings. The quantitative estimate of drug-likeness (QED) is 0.232. The number of halogens is 1. The summed E-state index contributed by atoms with van der Waals surface area (Å²) in [5.74, 6) is 0.712. The first-order chi connectivity index (χ1) is 12.4. The van der Waals surface area contributed by atoms with E-state index < -0.39 is 14.6 Å². The van der Waals surface area contributed by atoms with Crippen LogP contribution in [0, 0.1) is 0 Å². The van der Waals surface area contributed by atoms with Gasteiger partial charge in [-0.15, -0.1) is 30.6 Å². The number of likely N-dealkylation sites (tertiary alicyclic amines) is 1. The predicted octanol–water partition coefficient (Wildman–Crippen LogP) is 1.40. The fraction of sp³-hybridized carbons (Fsp3) is 0.833. The molecule has 0 radical (unpaired) electrons. The molecule has 2 rings (SSSR count). The Balaban J connectivity index is 0.00000364. The van der Waals surface area contributed by atoms with Crippen molar-refractivity contribution in [3.05, 3.63) is 12.7 Å². The molecular formula is C18H35IN4O3S. The molecule has 158 valence electrons. The molecule has 2 aliphatic rings. The number of rotatable bonds is 7. The fourth-order valence-corrected chi connectivity index (χ4v) is 4.78. The number of guanidine groups is 1. The van der Waals surface area contributed by atoms with Gasteiger partial charge < -0.3 is 15.4 Å². The van der Waals surface area contributed by atoms with Crippen molar-refractivity contribution < 1.29 is 13.2 Å². The van der Waals surface area contributed by atoms with Crippen LogP contribution in [0.1, 0.15) is 32.6 Å². The second-order valence-corrected chi connectivity index (χ2v) is 9.68. The van der Waals surface area contributed by atoms with Gasteiger partial charge in [0.05, 0.1) is 11.3 Å². The molecule has 0 aliphatic carbocycles. The Labute approximate surface area is 181 Å². The Morgan fingerprint density at radius 1 is 1.33 bits per heavy atom. The lowest BCUT2D eigenvalue weighted by Gasteiger charge is -2.35. The van der Waals surface area contributed by atoms with Crippen LogP contribution in [0.3, 0.4) is 0 Å². The molecule has 0 bridgehead atoms. The fourth-order valence-electron chi connectivity index (χ4n) is 3.57. The van der Waals surface area contributed by atoms with Crippen molar-refractivity contribution in [3.8, 4) is 0 Å². The third kappa shape index (κ3) is 7.17. The van der Waals surface area contributed by atoms with Gasteiger partial charge in [-0.1, -0.05) is 6.08 Å². The highest BCUT2D eigenvalue weighted by atomic mass is 127. The number of nitrogens with one attached hydrogen (secondary N) is 2. The van der Waals surface area contributed by atoms with Crippen LogP contribution in [0.25, 0.3) is 0 Å². The highest BCUT2D eigenvalue weighted by Gasteiger charge is 2.42. The molecule has 0 aromatic heterocycles. The van der Waals surface area contributed by atoms with E-state index in [0.717, 1.165) is 39.0 Å². The largest absolute Gasteiger partial charge is 0.381 e. The van der Waals surface area contributed by atoms with Crippen molar-refractivity contribution in [1.29, 1.82) is 0 Å². The molecule has 9 heteroatoms. The van der Waals surface area contributed by atoms with Gasteiger partial charge in [-0.05, 0) is 32.6 Å². The standard InChI is InChI=1S/C18H34N4O3S.HI/c1-4-10-22-11-6-16(7-12-22)21-17(19-5-2)20-15-18(26(3,23)24)8-13-25-14-9-18;/h4,16H,1,5-15H2,2-3H3,(H2,19,20,21);1H. The maximum absolute atomic E-state index is 12.4. The van der Waals surface area contributed by atoms with Crippen LogP contribution in [0.5, 0.6) is 0 Å². The molecule has 0 aromatic carbocycles. The van der Waals surface area contributed by atoms with Gasteiger partial charge in [0, 0.05) is 51.7 Å². The SMILES string of the molecule is C=CCN1CCC(NC(=NCC2(S(C)(=O)=O)CCOCC2)NCC)CC1.I. The number of aliphatic imine (C=N–C) groups is 1. The van der Waals surface area contributed by atoms with Gasteiger partial charge in [-0.2, -0.15) is 0 Å². The Morgan fingerprint density at radius 2 is 1.96 bits per heavy atom. The van der Waals surface area contributed by atoms with Gasteiger partial charge in [-0.3, -0.25) is 9.89 Å². The van der Waals surface area contributed by atoms with Crippen molar-refractivity contribution in [1.82, 2.24) is 15.5 Å². The van der Waals surface area contributed by atoms with Crippen molar-refractivity contribution in [2.24, 2.45) is 4.99 Å². The lowest BCUT2D eigenvalue weighted by Crippen LogP contribution is -2.50. The van der Waals surface area contributed by atoms with Crippen molar-refractivity contribution in [3.63, 3.8) is 0 Å². The average Bonchev–Trinajstić information content (AvgIpc) is 2.62. The topological polar surface area (TPSA) is 83.0 Å². The molecule has 2 N–H and O–H groups in total. The Kier molecular flexibility index (Phi) is 10.6. The van der Waals surface area contributed by atoms with Gasteiger partial charge in [0.1, 0.15) is 0 Å². The van der Waals surface area contributed by atoms with Crippen LogP contribution < -0.4 is 10.6 Å². The van der Waals surface area contributed by atoms with E-state index in [1.807, 2.05) is 13.0 Å². The van der Waals surface area contributed by atoms with E-state index in [1.54, 1.807) is 0 Å². The average molecular weight is 514 g/mol. The van der Waals surface area contributed by atoms with Gasteiger partial charge in [0.15, 0.2) is 15.8 Å².